The number of amides is 1. The summed E-state index contributed by atoms with van der Waals surface area (Å²) in [7, 11) is 1.74. The van der Waals surface area contributed by atoms with Gasteiger partial charge in [-0.2, -0.15) is 0 Å². The summed E-state index contributed by atoms with van der Waals surface area (Å²) in [5.74, 6) is -0.954. The fourth-order valence-electron chi connectivity index (χ4n) is 2.68. The maximum atomic E-state index is 13.8. The highest BCUT2D eigenvalue weighted by molar-refractivity contribution is 9.10. The molecule has 0 aliphatic carbocycles. The third-order valence-electron chi connectivity index (χ3n) is 4.17. The quantitative estimate of drug-likeness (QED) is 0.636. The summed E-state index contributed by atoms with van der Waals surface area (Å²) in [6.45, 7) is 1.74. The lowest BCUT2D eigenvalue weighted by Gasteiger charge is -2.07. The summed E-state index contributed by atoms with van der Waals surface area (Å²) in [6, 6.07) is 13.6. The first-order valence-electron chi connectivity index (χ1n) is 8.16. The lowest BCUT2D eigenvalue weighted by atomic mass is 10.2. The molecule has 7 heteroatoms. The van der Waals surface area contributed by atoms with Crippen LogP contribution in [0.15, 0.2) is 63.9 Å². The number of carbonyl (C=O) groups is 1. The number of para-hydroxylation sites is 1. The fraction of sp³-hybridized carbons (Fsp3) is 0.100. The minimum absolute atomic E-state index is 0.186. The van der Waals surface area contributed by atoms with Gasteiger partial charge in [-0.15, -0.1) is 0 Å². The van der Waals surface area contributed by atoms with Crippen LogP contribution in [0.1, 0.15) is 11.3 Å². The first kappa shape index (κ1) is 18.8. The molecule has 0 bridgehead atoms. The number of nitrogens with one attached hydrogen (secondary N) is 1. The number of benzene rings is 2. The topological polar surface area (TPSA) is 56.0 Å². The molecule has 0 radical (unpaired) electrons. The molecule has 1 N–H and O–H groups in total. The molecule has 0 aliphatic rings. The van der Waals surface area contributed by atoms with Gasteiger partial charge in [-0.05, 0) is 43.3 Å². The molecule has 5 nitrogen and oxygen atoms in total. The summed E-state index contributed by atoms with van der Waals surface area (Å²) in [5, 5.41) is 2.60. The van der Waals surface area contributed by atoms with Crippen LogP contribution < -0.4 is 10.9 Å². The average molecular weight is 430 g/mol. The zero-order valence-electron chi connectivity index (χ0n) is 14.7. The predicted molar refractivity (Wildman–Crippen MR) is 108 cm³/mol. The van der Waals surface area contributed by atoms with Gasteiger partial charge in [0.2, 0.25) is 5.91 Å². The molecule has 3 aromatic rings. The van der Waals surface area contributed by atoms with E-state index in [-0.39, 0.29) is 16.8 Å². The van der Waals surface area contributed by atoms with Crippen LogP contribution in [0.4, 0.5) is 10.1 Å². The molecule has 0 aliphatic heterocycles. The van der Waals surface area contributed by atoms with E-state index < -0.39 is 11.7 Å². The highest BCUT2D eigenvalue weighted by Gasteiger charge is 2.17. The number of rotatable bonds is 4. The molecule has 3 rings (SSSR count). The second kappa shape index (κ2) is 7.75. The van der Waals surface area contributed by atoms with Crippen molar-refractivity contribution in [3.63, 3.8) is 0 Å². The Labute approximate surface area is 163 Å². The molecule has 0 fully saturated rings. The third kappa shape index (κ3) is 3.93. The van der Waals surface area contributed by atoms with Gasteiger partial charge in [-0.3, -0.25) is 14.3 Å². The maximum absolute atomic E-state index is 13.8. The molecule has 1 heterocycles. The van der Waals surface area contributed by atoms with Crippen molar-refractivity contribution >= 4 is 33.6 Å². The number of anilines is 1. The van der Waals surface area contributed by atoms with Crippen molar-refractivity contribution in [3.05, 3.63) is 86.5 Å². The molecule has 1 aromatic heterocycles. The summed E-state index contributed by atoms with van der Waals surface area (Å²) < 4.78 is 17.6. The van der Waals surface area contributed by atoms with Crippen molar-refractivity contribution < 1.29 is 9.18 Å². The number of nitrogens with zero attached hydrogens (tertiary/aromatic N) is 2. The number of hydrogen-bond donors (Lipinski definition) is 1. The van der Waals surface area contributed by atoms with Crippen molar-refractivity contribution in [2.75, 3.05) is 5.32 Å². The lowest BCUT2D eigenvalue weighted by molar-refractivity contribution is -0.111. The number of halogens is 2. The van der Waals surface area contributed by atoms with Crippen molar-refractivity contribution in [3.8, 4) is 5.69 Å². The van der Waals surface area contributed by atoms with Crippen molar-refractivity contribution in [2.45, 2.75) is 6.92 Å². The smallest absolute Gasteiger partial charge is 0.295 e. The van der Waals surface area contributed by atoms with Crippen molar-refractivity contribution in [1.82, 2.24) is 9.36 Å². The summed E-state index contributed by atoms with van der Waals surface area (Å²) in [5.41, 5.74) is 1.42. The van der Waals surface area contributed by atoms with Crippen LogP contribution in [0.3, 0.4) is 0 Å². The van der Waals surface area contributed by atoms with E-state index in [1.54, 1.807) is 30.8 Å². The average Bonchev–Trinajstić information content (AvgIpc) is 2.86. The predicted octanol–water partition coefficient (Wildman–Crippen LogP) is 4.04. The van der Waals surface area contributed by atoms with Crippen LogP contribution in [-0.2, 0) is 11.8 Å². The Bertz CT molecular complexity index is 1080. The second-order valence-electron chi connectivity index (χ2n) is 5.92. The number of hydrogen-bond acceptors (Lipinski definition) is 2. The highest BCUT2D eigenvalue weighted by atomic mass is 79.9. The van der Waals surface area contributed by atoms with Gasteiger partial charge in [-0.25, -0.2) is 9.07 Å². The van der Waals surface area contributed by atoms with Crippen LogP contribution in [0.5, 0.6) is 0 Å². The first-order valence-corrected chi connectivity index (χ1v) is 8.96. The Morgan fingerprint density at radius 3 is 2.59 bits per heavy atom. The molecule has 0 spiro atoms. The molecular weight excluding hydrogens is 413 g/mol. The van der Waals surface area contributed by atoms with Crippen LogP contribution in [0.2, 0.25) is 0 Å². The summed E-state index contributed by atoms with van der Waals surface area (Å²) >= 11 is 3.26. The molecular formula is C20H17BrFN3O2. The zero-order chi connectivity index (χ0) is 19.6. The zero-order valence-corrected chi connectivity index (χ0v) is 16.3. The Balaban J connectivity index is 1.88. The summed E-state index contributed by atoms with van der Waals surface area (Å²) in [4.78, 5) is 25.0. The van der Waals surface area contributed by atoms with E-state index in [1.165, 1.54) is 22.9 Å². The van der Waals surface area contributed by atoms with E-state index >= 15 is 0 Å². The standard InChI is InChI=1S/C20H17BrFN3O2/c1-13-19(20(27)25(24(13)2)16-6-4-3-5-7-16)23-18(26)11-8-14-12-15(21)9-10-17(14)22/h3-12H,1-2H3,(H,23,26)/b11-8+. The minimum Gasteiger partial charge on any atom is -0.316 e. The Morgan fingerprint density at radius 2 is 1.89 bits per heavy atom. The van der Waals surface area contributed by atoms with Crippen LogP contribution in [0.25, 0.3) is 11.8 Å². The van der Waals surface area contributed by atoms with Gasteiger partial charge in [0, 0.05) is 23.2 Å². The Hall–Kier alpha value is -2.93. The highest BCUT2D eigenvalue weighted by Crippen LogP contribution is 2.17. The molecule has 2 aromatic carbocycles. The van der Waals surface area contributed by atoms with E-state index in [0.29, 0.717) is 15.9 Å². The van der Waals surface area contributed by atoms with Crippen LogP contribution in [-0.4, -0.2) is 15.3 Å². The van der Waals surface area contributed by atoms with E-state index in [4.69, 9.17) is 0 Å². The van der Waals surface area contributed by atoms with Gasteiger partial charge < -0.3 is 5.32 Å². The van der Waals surface area contributed by atoms with Crippen molar-refractivity contribution in [1.29, 1.82) is 0 Å². The maximum Gasteiger partial charge on any atom is 0.295 e. The van der Waals surface area contributed by atoms with Gasteiger partial charge in [-0.1, -0.05) is 34.1 Å². The van der Waals surface area contributed by atoms with Gasteiger partial charge >= 0.3 is 0 Å². The number of aromatic nitrogens is 2. The molecule has 1 amide bonds. The molecule has 27 heavy (non-hydrogen) atoms. The van der Waals surface area contributed by atoms with Gasteiger partial charge in [0.25, 0.3) is 5.56 Å². The van der Waals surface area contributed by atoms with E-state index in [9.17, 15) is 14.0 Å². The molecule has 0 unspecified atom stereocenters. The number of carbonyl (C=O) groups excluding carboxylic acids is 1. The first-order chi connectivity index (χ1) is 12.9. The van der Waals surface area contributed by atoms with E-state index in [2.05, 4.69) is 21.2 Å². The largest absolute Gasteiger partial charge is 0.316 e. The van der Waals surface area contributed by atoms with E-state index in [0.717, 1.165) is 0 Å². The van der Waals surface area contributed by atoms with E-state index in [1.807, 2.05) is 30.3 Å². The minimum atomic E-state index is -0.514. The SMILES string of the molecule is Cc1c(NC(=O)/C=C/c2cc(Br)ccc2F)c(=O)n(-c2ccccc2)n1C. The van der Waals surface area contributed by atoms with Gasteiger partial charge in [0.1, 0.15) is 11.5 Å². The lowest BCUT2D eigenvalue weighted by Crippen LogP contribution is -2.22. The molecule has 0 saturated heterocycles. The van der Waals surface area contributed by atoms with Crippen LogP contribution >= 0.6 is 15.9 Å². The normalized spacial score (nSPS) is 11.1. The molecule has 0 atom stereocenters. The molecule has 0 saturated carbocycles. The third-order valence-corrected chi connectivity index (χ3v) is 4.67. The second-order valence-corrected chi connectivity index (χ2v) is 6.84. The van der Waals surface area contributed by atoms with Crippen LogP contribution in [0, 0.1) is 12.7 Å². The van der Waals surface area contributed by atoms with Gasteiger partial charge in [0.05, 0.1) is 11.4 Å². The summed E-state index contributed by atoms with van der Waals surface area (Å²) in [6.07, 6.45) is 2.56. The fourth-order valence-corrected chi connectivity index (χ4v) is 3.06. The van der Waals surface area contributed by atoms with Gasteiger partial charge in [0.15, 0.2) is 0 Å². The van der Waals surface area contributed by atoms with Crippen molar-refractivity contribution in [2.24, 2.45) is 7.05 Å². The monoisotopic (exact) mass is 429 g/mol. The Morgan fingerprint density at radius 1 is 1.19 bits per heavy atom. The molecule has 138 valence electrons. The Kier molecular flexibility index (Phi) is 5.41.